The van der Waals surface area contributed by atoms with Crippen LogP contribution in [0.3, 0.4) is 0 Å². The van der Waals surface area contributed by atoms with Gasteiger partial charge in [-0.3, -0.25) is 9.09 Å². The Labute approximate surface area is 138 Å². The molecule has 0 amide bonds. The molecule has 1 rings (SSSR count). The number of nitro groups is 1. The first kappa shape index (κ1) is 19.3. The van der Waals surface area contributed by atoms with E-state index in [0.717, 1.165) is 6.20 Å². The lowest BCUT2D eigenvalue weighted by Crippen LogP contribution is -2.30. The number of rotatable bonds is 9. The molecule has 0 aliphatic heterocycles. The highest BCUT2D eigenvalue weighted by Crippen LogP contribution is 2.46. The van der Waals surface area contributed by atoms with Crippen LogP contribution in [0.4, 0.5) is 5.82 Å². The van der Waals surface area contributed by atoms with Crippen LogP contribution in [-0.2, 0) is 16.1 Å². The Morgan fingerprint density at radius 3 is 2.50 bits per heavy atom. The predicted octanol–water partition coefficient (Wildman–Crippen LogP) is 2.25. The average molecular weight is 374 g/mol. The van der Waals surface area contributed by atoms with Gasteiger partial charge in [0.1, 0.15) is 12.3 Å². The van der Waals surface area contributed by atoms with Crippen LogP contribution in [-0.4, -0.2) is 44.0 Å². The van der Waals surface area contributed by atoms with E-state index in [9.17, 15) is 14.7 Å². The van der Waals surface area contributed by atoms with Crippen molar-refractivity contribution in [3.63, 3.8) is 0 Å². The van der Waals surface area contributed by atoms with E-state index in [1.807, 2.05) is 0 Å². The molecule has 1 aromatic rings. The molecule has 1 aromatic heterocycles. The van der Waals surface area contributed by atoms with Gasteiger partial charge in [0.25, 0.3) is 0 Å². The third-order valence-electron chi connectivity index (χ3n) is 2.94. The van der Waals surface area contributed by atoms with Gasteiger partial charge in [0, 0.05) is 24.8 Å². The molecule has 2 N–H and O–H groups in total. The molecule has 0 saturated carbocycles. The molecule has 9 nitrogen and oxygen atoms in total. The summed E-state index contributed by atoms with van der Waals surface area (Å²) in [5.41, 5.74) is 5.76. The zero-order valence-corrected chi connectivity index (χ0v) is 14.6. The molecule has 0 spiro atoms. The maximum atomic E-state index is 12.5. The van der Waals surface area contributed by atoms with Crippen molar-refractivity contribution in [3.8, 4) is 0 Å². The summed E-state index contributed by atoms with van der Waals surface area (Å²) in [5, 5.41) is 10.8. The van der Waals surface area contributed by atoms with Gasteiger partial charge in [-0.2, -0.15) is 0 Å². The van der Waals surface area contributed by atoms with E-state index < -0.39 is 18.7 Å². The molecule has 2 atom stereocenters. The Kier molecular flexibility index (Phi) is 7.24. The van der Waals surface area contributed by atoms with Crippen LogP contribution in [0.25, 0.3) is 0 Å². The van der Waals surface area contributed by atoms with Gasteiger partial charge in [0.05, 0.1) is 7.05 Å². The van der Waals surface area contributed by atoms with Crippen LogP contribution >= 0.6 is 30.9 Å². The lowest BCUT2D eigenvalue weighted by molar-refractivity contribution is -0.391. The molecule has 1 heterocycles. The summed E-state index contributed by atoms with van der Waals surface area (Å²) in [5.74, 6) is 0.470. The molecule has 2 unspecified atom stereocenters. The molecular weight excluding hydrogens is 356 g/mol. The van der Waals surface area contributed by atoms with Crippen molar-refractivity contribution in [2.75, 3.05) is 24.8 Å². The largest absolute Gasteiger partial charge is 0.358 e. The maximum absolute atomic E-state index is 12.5. The molecule has 0 saturated heterocycles. The number of nitrogens with two attached hydrogens (primary N) is 1. The number of alkyl halides is 2. The highest BCUT2D eigenvalue weighted by Gasteiger charge is 2.32. The van der Waals surface area contributed by atoms with Crippen LogP contribution in [0.15, 0.2) is 6.20 Å². The summed E-state index contributed by atoms with van der Waals surface area (Å²) >= 11 is 11.3. The topological polar surface area (TPSA) is 117 Å². The second kappa shape index (κ2) is 8.24. The summed E-state index contributed by atoms with van der Waals surface area (Å²) in [6.07, 6.45) is 0.300. The molecule has 12 heteroatoms. The lowest BCUT2D eigenvalue weighted by Gasteiger charge is -2.28. The summed E-state index contributed by atoms with van der Waals surface area (Å²) in [6, 6.07) is 0. The van der Waals surface area contributed by atoms with Crippen LogP contribution < -0.4 is 5.50 Å². The van der Waals surface area contributed by atoms with Gasteiger partial charge in [-0.1, -0.05) is 0 Å². The first-order chi connectivity index (χ1) is 10.2. The fourth-order valence-electron chi connectivity index (χ4n) is 1.89. The lowest BCUT2D eigenvalue weighted by atomic mass is 10.4. The average Bonchev–Trinajstić information content (AvgIpc) is 2.80. The number of aromatic nitrogens is 2. The number of hydrogen-bond donors (Lipinski definition) is 1. The van der Waals surface area contributed by atoms with E-state index in [1.54, 1.807) is 6.92 Å². The van der Waals surface area contributed by atoms with Crippen LogP contribution in [0.2, 0.25) is 0 Å². The third kappa shape index (κ3) is 4.65. The Balaban J connectivity index is 2.92. The molecule has 0 aliphatic carbocycles. The quantitative estimate of drug-likeness (QED) is 0.305. The Morgan fingerprint density at radius 2 is 2.09 bits per heavy atom. The number of halogens is 2. The van der Waals surface area contributed by atoms with Gasteiger partial charge >= 0.3 is 13.5 Å². The van der Waals surface area contributed by atoms with Crippen molar-refractivity contribution < 1.29 is 14.0 Å². The van der Waals surface area contributed by atoms with Gasteiger partial charge in [-0.05, 0) is 11.8 Å². The fraction of sp³-hybridized carbons (Fsp3) is 0.700. The summed E-state index contributed by atoms with van der Waals surface area (Å²) in [6.45, 7) is 2.05. The predicted molar refractivity (Wildman–Crippen MR) is 84.2 cm³/mol. The SMILES string of the molecule is CC(OP(N)(=O)N(CCCl)CCCl)c1ncc([N+](=O)[O-])n1C. The third-order valence-corrected chi connectivity index (χ3v) is 5.08. The van der Waals surface area contributed by atoms with Crippen LogP contribution in [0.5, 0.6) is 0 Å². The smallest absolute Gasteiger partial charge is 0.342 e. The highest BCUT2D eigenvalue weighted by atomic mass is 35.5. The zero-order chi connectivity index (χ0) is 16.9. The molecule has 126 valence electrons. The van der Waals surface area contributed by atoms with Crippen LogP contribution in [0.1, 0.15) is 18.9 Å². The fourth-order valence-corrected chi connectivity index (χ4v) is 3.97. The summed E-state index contributed by atoms with van der Waals surface area (Å²) < 4.78 is 20.5. The minimum absolute atomic E-state index is 0.198. The zero-order valence-electron chi connectivity index (χ0n) is 12.2. The second-order valence-electron chi connectivity index (χ2n) is 4.43. The molecule has 0 fully saturated rings. The van der Waals surface area contributed by atoms with Gasteiger partial charge in [0.2, 0.25) is 5.82 Å². The van der Waals surface area contributed by atoms with Crippen molar-refractivity contribution in [2.45, 2.75) is 13.0 Å². The molecule has 22 heavy (non-hydrogen) atoms. The maximum Gasteiger partial charge on any atom is 0.342 e. The number of imidazole rings is 1. The molecule has 0 bridgehead atoms. The second-order valence-corrected chi connectivity index (χ2v) is 7.09. The van der Waals surface area contributed by atoms with E-state index in [-0.39, 0.29) is 36.5 Å². The van der Waals surface area contributed by atoms with Crippen molar-refractivity contribution in [1.82, 2.24) is 14.2 Å². The van der Waals surface area contributed by atoms with E-state index in [0.29, 0.717) is 0 Å². The molecule has 0 radical (unpaired) electrons. The standard InChI is InChI=1S/C10H18Cl2N5O4P/c1-8(10-14-7-9(15(10)2)17(18)19)21-22(13,20)16(5-3-11)6-4-12/h7-8H,3-6H2,1-2H3,(H2,13,20). The van der Waals surface area contributed by atoms with Crippen LogP contribution in [0, 0.1) is 10.1 Å². The van der Waals surface area contributed by atoms with E-state index >= 15 is 0 Å². The monoisotopic (exact) mass is 373 g/mol. The van der Waals surface area contributed by atoms with E-state index in [2.05, 4.69) is 4.98 Å². The molecule has 0 aromatic carbocycles. The van der Waals surface area contributed by atoms with Crippen molar-refractivity contribution >= 4 is 36.7 Å². The summed E-state index contributed by atoms with van der Waals surface area (Å²) in [4.78, 5) is 14.2. The highest BCUT2D eigenvalue weighted by molar-refractivity contribution is 7.53. The Bertz CT molecular complexity index is 564. The first-order valence-corrected chi connectivity index (χ1v) is 9.06. The molecule has 0 aliphatic rings. The van der Waals surface area contributed by atoms with Gasteiger partial charge in [-0.25, -0.2) is 19.7 Å². The minimum atomic E-state index is -3.65. The minimum Gasteiger partial charge on any atom is -0.358 e. The van der Waals surface area contributed by atoms with Crippen molar-refractivity contribution in [2.24, 2.45) is 12.6 Å². The van der Waals surface area contributed by atoms with Crippen molar-refractivity contribution in [3.05, 3.63) is 22.1 Å². The summed E-state index contributed by atoms with van der Waals surface area (Å²) in [7, 11) is -2.18. The van der Waals surface area contributed by atoms with Gasteiger partial charge in [-0.15, -0.1) is 23.2 Å². The van der Waals surface area contributed by atoms with E-state index in [4.69, 9.17) is 33.2 Å². The normalized spacial score (nSPS) is 15.7. The first-order valence-electron chi connectivity index (χ1n) is 6.35. The van der Waals surface area contributed by atoms with Gasteiger partial charge in [0.15, 0.2) is 0 Å². The van der Waals surface area contributed by atoms with E-state index in [1.165, 1.54) is 16.3 Å². The van der Waals surface area contributed by atoms with Crippen molar-refractivity contribution in [1.29, 1.82) is 0 Å². The Hall–Kier alpha value is -0.700. The number of nitrogens with zero attached hydrogens (tertiary/aromatic N) is 4. The molecular formula is C10H18Cl2N5O4P. The Morgan fingerprint density at radius 1 is 1.55 bits per heavy atom. The van der Waals surface area contributed by atoms with Gasteiger partial charge < -0.3 is 10.1 Å². The number of hydrogen-bond acceptors (Lipinski definition) is 5.